The van der Waals surface area contributed by atoms with Gasteiger partial charge in [-0.15, -0.1) is 0 Å². The summed E-state index contributed by atoms with van der Waals surface area (Å²) in [5, 5.41) is 11.8. The zero-order valence-electron chi connectivity index (χ0n) is 8.29. The second-order valence-electron chi connectivity index (χ2n) is 3.65. The van der Waals surface area contributed by atoms with Crippen molar-refractivity contribution >= 4 is 5.97 Å². The van der Waals surface area contributed by atoms with Crippen LogP contribution in [0.5, 0.6) is 0 Å². The fourth-order valence-corrected chi connectivity index (χ4v) is 1.25. The van der Waals surface area contributed by atoms with Crippen LogP contribution in [-0.4, -0.2) is 24.2 Å². The Bertz CT molecular complexity index is 145. The molecule has 2 N–H and O–H groups in total. The summed E-state index contributed by atoms with van der Waals surface area (Å²) < 4.78 is 0. The average molecular weight is 173 g/mol. The first kappa shape index (κ1) is 11.4. The van der Waals surface area contributed by atoms with Crippen molar-refractivity contribution in [3.8, 4) is 0 Å². The maximum Gasteiger partial charge on any atom is 0.307 e. The number of nitrogens with one attached hydrogen (secondary N) is 1. The van der Waals surface area contributed by atoms with Crippen LogP contribution < -0.4 is 5.32 Å². The molecule has 2 atom stereocenters. The van der Waals surface area contributed by atoms with Gasteiger partial charge in [-0.2, -0.15) is 0 Å². The van der Waals surface area contributed by atoms with Crippen LogP contribution in [0.3, 0.4) is 0 Å². The topological polar surface area (TPSA) is 49.3 Å². The Morgan fingerprint density at radius 3 is 2.17 bits per heavy atom. The Morgan fingerprint density at radius 1 is 1.42 bits per heavy atom. The van der Waals surface area contributed by atoms with Crippen LogP contribution in [0, 0.1) is 11.8 Å². The minimum Gasteiger partial charge on any atom is -0.481 e. The van der Waals surface area contributed by atoms with Crippen LogP contribution in [0.15, 0.2) is 0 Å². The van der Waals surface area contributed by atoms with Gasteiger partial charge < -0.3 is 10.4 Å². The lowest BCUT2D eigenvalue weighted by Crippen LogP contribution is -2.37. The summed E-state index contributed by atoms with van der Waals surface area (Å²) in [5.74, 6) is -0.503. The molecule has 0 aliphatic rings. The highest BCUT2D eigenvalue weighted by Crippen LogP contribution is 2.12. The molecule has 0 bridgehead atoms. The third-order valence-electron chi connectivity index (χ3n) is 2.09. The van der Waals surface area contributed by atoms with Gasteiger partial charge in [0.1, 0.15) is 0 Å². The molecule has 0 spiro atoms. The molecule has 0 radical (unpaired) electrons. The molecule has 3 nitrogen and oxygen atoms in total. The molecular weight excluding hydrogens is 154 g/mol. The smallest absolute Gasteiger partial charge is 0.307 e. The summed E-state index contributed by atoms with van der Waals surface area (Å²) in [7, 11) is 1.81. The van der Waals surface area contributed by atoms with E-state index >= 15 is 0 Å². The molecule has 0 aromatic rings. The Morgan fingerprint density at radius 2 is 1.92 bits per heavy atom. The lowest BCUT2D eigenvalue weighted by Gasteiger charge is -2.21. The van der Waals surface area contributed by atoms with Crippen molar-refractivity contribution in [2.24, 2.45) is 11.8 Å². The second kappa shape index (κ2) is 5.14. The third-order valence-corrected chi connectivity index (χ3v) is 2.09. The SMILES string of the molecule is CNC(CC(C)C)C(C)C(=O)O. The van der Waals surface area contributed by atoms with E-state index in [2.05, 4.69) is 19.2 Å². The quantitative estimate of drug-likeness (QED) is 0.659. The van der Waals surface area contributed by atoms with E-state index in [9.17, 15) is 4.79 Å². The lowest BCUT2D eigenvalue weighted by molar-refractivity contribution is -0.142. The number of rotatable bonds is 5. The number of aliphatic carboxylic acids is 1. The molecule has 0 aliphatic carbocycles. The van der Waals surface area contributed by atoms with Crippen molar-refractivity contribution in [3.63, 3.8) is 0 Å². The predicted octanol–water partition coefficient (Wildman–Crippen LogP) is 1.34. The van der Waals surface area contributed by atoms with Gasteiger partial charge >= 0.3 is 5.97 Å². The van der Waals surface area contributed by atoms with Crippen molar-refractivity contribution < 1.29 is 9.90 Å². The predicted molar refractivity (Wildman–Crippen MR) is 49.1 cm³/mol. The van der Waals surface area contributed by atoms with E-state index in [-0.39, 0.29) is 12.0 Å². The molecule has 72 valence electrons. The van der Waals surface area contributed by atoms with Gasteiger partial charge in [-0.1, -0.05) is 20.8 Å². The zero-order valence-corrected chi connectivity index (χ0v) is 8.29. The molecule has 0 heterocycles. The summed E-state index contributed by atoms with van der Waals surface area (Å²) in [4.78, 5) is 10.6. The molecule has 3 heteroatoms. The van der Waals surface area contributed by atoms with E-state index in [0.717, 1.165) is 6.42 Å². The summed E-state index contributed by atoms with van der Waals surface area (Å²) in [6.45, 7) is 5.93. The summed E-state index contributed by atoms with van der Waals surface area (Å²) >= 11 is 0. The van der Waals surface area contributed by atoms with Gasteiger partial charge in [0.25, 0.3) is 0 Å². The Labute approximate surface area is 74.2 Å². The van der Waals surface area contributed by atoms with Gasteiger partial charge in [0.2, 0.25) is 0 Å². The maximum atomic E-state index is 10.6. The zero-order chi connectivity index (χ0) is 9.72. The number of carboxylic acids is 1. The first-order valence-electron chi connectivity index (χ1n) is 4.39. The summed E-state index contributed by atoms with van der Waals surface area (Å²) in [5.41, 5.74) is 0. The first-order chi connectivity index (χ1) is 5.49. The van der Waals surface area contributed by atoms with Crippen LogP contribution in [0.1, 0.15) is 27.2 Å². The molecule has 0 saturated carbocycles. The fourth-order valence-electron chi connectivity index (χ4n) is 1.25. The minimum atomic E-state index is -0.727. The third kappa shape index (κ3) is 3.72. The molecule has 0 aromatic carbocycles. The van der Waals surface area contributed by atoms with Crippen LogP contribution in [-0.2, 0) is 4.79 Å². The van der Waals surface area contributed by atoms with Gasteiger partial charge in [-0.3, -0.25) is 4.79 Å². The summed E-state index contributed by atoms with van der Waals surface area (Å²) in [6.07, 6.45) is 0.907. The second-order valence-corrected chi connectivity index (χ2v) is 3.65. The van der Waals surface area contributed by atoms with E-state index in [4.69, 9.17) is 5.11 Å². The van der Waals surface area contributed by atoms with Crippen LogP contribution in [0.25, 0.3) is 0 Å². The van der Waals surface area contributed by atoms with Crippen LogP contribution >= 0.6 is 0 Å². The molecule has 0 aromatic heterocycles. The number of carbonyl (C=O) groups is 1. The van der Waals surface area contributed by atoms with E-state index in [1.54, 1.807) is 6.92 Å². The van der Waals surface area contributed by atoms with Crippen LogP contribution in [0.2, 0.25) is 0 Å². The summed E-state index contributed by atoms with van der Waals surface area (Å²) in [6, 6.07) is 0.0856. The van der Waals surface area contributed by atoms with E-state index in [1.807, 2.05) is 7.05 Å². The molecular formula is C9H19NO2. The van der Waals surface area contributed by atoms with Gasteiger partial charge in [-0.25, -0.2) is 0 Å². The normalized spacial score (nSPS) is 16.1. The van der Waals surface area contributed by atoms with E-state index in [0.29, 0.717) is 5.92 Å². The Balaban J connectivity index is 4.05. The van der Waals surface area contributed by atoms with Crippen LogP contribution in [0.4, 0.5) is 0 Å². The first-order valence-corrected chi connectivity index (χ1v) is 4.39. The van der Waals surface area contributed by atoms with E-state index < -0.39 is 5.97 Å². The number of carboxylic acid groups (broad SMARTS) is 1. The lowest BCUT2D eigenvalue weighted by atomic mass is 9.93. The monoisotopic (exact) mass is 173 g/mol. The highest BCUT2D eigenvalue weighted by atomic mass is 16.4. The molecule has 12 heavy (non-hydrogen) atoms. The van der Waals surface area contributed by atoms with Crippen molar-refractivity contribution in [1.82, 2.24) is 5.32 Å². The molecule has 0 aliphatic heterocycles. The maximum absolute atomic E-state index is 10.6. The van der Waals surface area contributed by atoms with Gasteiger partial charge in [0.05, 0.1) is 5.92 Å². The number of hydrogen-bond donors (Lipinski definition) is 2. The Kier molecular flexibility index (Phi) is 4.90. The fraction of sp³-hybridized carbons (Fsp3) is 0.889. The van der Waals surface area contributed by atoms with Crippen molar-refractivity contribution in [2.45, 2.75) is 33.2 Å². The average Bonchev–Trinajstić information content (AvgIpc) is 1.98. The minimum absolute atomic E-state index is 0.0856. The van der Waals surface area contributed by atoms with Gasteiger partial charge in [-0.05, 0) is 19.4 Å². The standard InChI is InChI=1S/C9H19NO2/c1-6(2)5-8(10-4)7(3)9(11)12/h6-8,10H,5H2,1-4H3,(H,11,12). The van der Waals surface area contributed by atoms with Gasteiger partial charge in [0.15, 0.2) is 0 Å². The van der Waals surface area contributed by atoms with Gasteiger partial charge in [0, 0.05) is 6.04 Å². The van der Waals surface area contributed by atoms with Crippen molar-refractivity contribution in [3.05, 3.63) is 0 Å². The Hall–Kier alpha value is -0.570. The van der Waals surface area contributed by atoms with E-state index in [1.165, 1.54) is 0 Å². The molecule has 0 fully saturated rings. The van der Waals surface area contributed by atoms with Crippen molar-refractivity contribution in [1.29, 1.82) is 0 Å². The molecule has 0 amide bonds. The highest BCUT2D eigenvalue weighted by Gasteiger charge is 2.22. The number of hydrogen-bond acceptors (Lipinski definition) is 2. The molecule has 2 unspecified atom stereocenters. The highest BCUT2D eigenvalue weighted by molar-refractivity contribution is 5.70. The van der Waals surface area contributed by atoms with Crippen molar-refractivity contribution in [2.75, 3.05) is 7.05 Å². The molecule has 0 rings (SSSR count). The molecule has 0 saturated heterocycles. The largest absolute Gasteiger partial charge is 0.481 e.